The largest absolute Gasteiger partial charge is 0.481 e. The molecule has 0 amide bonds. The Morgan fingerprint density at radius 2 is 2.00 bits per heavy atom. The Morgan fingerprint density at radius 3 is 2.55 bits per heavy atom. The smallest absolute Gasteiger partial charge is 0.304 e. The molecule has 1 aliphatic rings. The van der Waals surface area contributed by atoms with E-state index in [1.54, 1.807) is 0 Å². The molecule has 0 radical (unpaired) electrons. The molecule has 1 aromatic rings. The third kappa shape index (κ3) is 2.71. The molecule has 0 spiro atoms. The highest BCUT2D eigenvalue weighted by Gasteiger charge is 2.47. The van der Waals surface area contributed by atoms with E-state index in [0.29, 0.717) is 16.9 Å². The second-order valence-electron chi connectivity index (χ2n) is 6.05. The van der Waals surface area contributed by atoms with Crippen LogP contribution in [0.2, 0.25) is 5.02 Å². The molecule has 3 heteroatoms. The van der Waals surface area contributed by atoms with E-state index in [1.807, 2.05) is 24.3 Å². The normalized spacial score (nSPS) is 30.1. The van der Waals surface area contributed by atoms with Crippen LogP contribution in [-0.4, -0.2) is 11.1 Å². The van der Waals surface area contributed by atoms with E-state index in [4.69, 9.17) is 11.6 Å². The number of carboxylic acids is 1. The fourth-order valence-corrected chi connectivity index (χ4v) is 4.23. The van der Waals surface area contributed by atoms with Gasteiger partial charge in [0.2, 0.25) is 0 Å². The van der Waals surface area contributed by atoms with E-state index in [-0.39, 0.29) is 11.8 Å². The zero-order chi connectivity index (χ0) is 14.8. The molecule has 0 aromatic heterocycles. The van der Waals surface area contributed by atoms with Crippen molar-refractivity contribution in [2.75, 3.05) is 0 Å². The lowest BCUT2D eigenvalue weighted by Crippen LogP contribution is -2.45. The maximum absolute atomic E-state index is 11.5. The molecular formula is C17H23ClO2. The number of hydrogen-bond donors (Lipinski definition) is 1. The van der Waals surface area contributed by atoms with Gasteiger partial charge in [-0.1, -0.05) is 50.4 Å². The quantitative estimate of drug-likeness (QED) is 0.857. The zero-order valence-electron chi connectivity index (χ0n) is 12.2. The average Bonchev–Trinajstić information content (AvgIpc) is 2.41. The molecule has 3 atom stereocenters. The van der Waals surface area contributed by atoms with Crippen LogP contribution in [0.4, 0.5) is 0 Å². The second-order valence-corrected chi connectivity index (χ2v) is 6.49. The molecular weight excluding hydrogens is 272 g/mol. The van der Waals surface area contributed by atoms with Gasteiger partial charge in [0.1, 0.15) is 0 Å². The number of rotatable bonds is 4. The van der Waals surface area contributed by atoms with E-state index in [0.717, 1.165) is 24.8 Å². The van der Waals surface area contributed by atoms with Crippen LogP contribution in [-0.2, 0) is 10.2 Å². The van der Waals surface area contributed by atoms with Crippen molar-refractivity contribution >= 4 is 17.6 Å². The summed E-state index contributed by atoms with van der Waals surface area (Å²) < 4.78 is 0. The van der Waals surface area contributed by atoms with Gasteiger partial charge in [-0.2, -0.15) is 0 Å². The first kappa shape index (κ1) is 15.4. The van der Waals surface area contributed by atoms with Gasteiger partial charge in [-0.05, 0) is 42.4 Å². The van der Waals surface area contributed by atoms with Gasteiger partial charge in [-0.3, -0.25) is 4.79 Å². The van der Waals surface area contributed by atoms with Gasteiger partial charge in [0, 0.05) is 10.4 Å². The Morgan fingerprint density at radius 1 is 1.35 bits per heavy atom. The van der Waals surface area contributed by atoms with Crippen molar-refractivity contribution in [3.8, 4) is 0 Å². The second kappa shape index (κ2) is 6.17. The summed E-state index contributed by atoms with van der Waals surface area (Å²) in [7, 11) is 0. The summed E-state index contributed by atoms with van der Waals surface area (Å²) in [4.78, 5) is 11.5. The van der Waals surface area contributed by atoms with E-state index in [9.17, 15) is 9.90 Å². The van der Waals surface area contributed by atoms with Crippen molar-refractivity contribution in [3.63, 3.8) is 0 Å². The van der Waals surface area contributed by atoms with Crippen molar-refractivity contribution in [1.29, 1.82) is 0 Å². The number of halogens is 1. The minimum absolute atomic E-state index is 0.217. The van der Waals surface area contributed by atoms with Crippen molar-refractivity contribution < 1.29 is 9.90 Å². The van der Waals surface area contributed by atoms with E-state index >= 15 is 0 Å². The summed E-state index contributed by atoms with van der Waals surface area (Å²) in [6.07, 6.45) is 4.67. The van der Waals surface area contributed by atoms with Crippen LogP contribution in [0.15, 0.2) is 24.3 Å². The van der Waals surface area contributed by atoms with Gasteiger partial charge in [0.15, 0.2) is 0 Å². The van der Waals surface area contributed by atoms with Gasteiger partial charge < -0.3 is 5.11 Å². The summed E-state index contributed by atoms with van der Waals surface area (Å²) in [6, 6.07) is 7.81. The number of aliphatic carboxylic acids is 1. The van der Waals surface area contributed by atoms with Crippen molar-refractivity contribution in [1.82, 2.24) is 0 Å². The van der Waals surface area contributed by atoms with Crippen molar-refractivity contribution in [2.45, 2.75) is 51.4 Å². The Labute approximate surface area is 126 Å². The Balaban J connectivity index is 2.52. The standard InChI is InChI=1S/C17H23ClO2/c1-3-13-6-4-5-12(2)17(13,11-16(19)20)14-7-9-15(18)10-8-14/h7-10,12-13H,3-6,11H2,1-2H3,(H,19,20). The molecule has 0 bridgehead atoms. The maximum Gasteiger partial charge on any atom is 0.304 e. The summed E-state index contributed by atoms with van der Waals surface area (Å²) in [6.45, 7) is 4.38. The van der Waals surface area contributed by atoms with Crippen LogP contribution in [0.3, 0.4) is 0 Å². The summed E-state index contributed by atoms with van der Waals surface area (Å²) in [5, 5.41) is 10.2. The number of benzene rings is 1. The molecule has 1 N–H and O–H groups in total. The molecule has 0 saturated heterocycles. The molecule has 110 valence electrons. The van der Waals surface area contributed by atoms with E-state index < -0.39 is 5.97 Å². The predicted octanol–water partition coefficient (Wildman–Crippen LogP) is 4.90. The molecule has 2 nitrogen and oxygen atoms in total. The van der Waals surface area contributed by atoms with Gasteiger partial charge in [0.05, 0.1) is 6.42 Å². The Hall–Kier alpha value is -1.02. The lowest BCUT2D eigenvalue weighted by atomic mass is 9.55. The monoisotopic (exact) mass is 294 g/mol. The third-order valence-corrected chi connectivity index (χ3v) is 5.37. The summed E-state index contributed by atoms with van der Waals surface area (Å²) in [5.74, 6) is 0.120. The van der Waals surface area contributed by atoms with Crippen molar-refractivity contribution in [3.05, 3.63) is 34.9 Å². The third-order valence-electron chi connectivity index (χ3n) is 5.12. The molecule has 2 rings (SSSR count). The Bertz CT molecular complexity index is 468. The highest BCUT2D eigenvalue weighted by Crippen LogP contribution is 2.51. The minimum Gasteiger partial charge on any atom is -0.481 e. The van der Waals surface area contributed by atoms with Crippen LogP contribution in [0.5, 0.6) is 0 Å². The van der Waals surface area contributed by atoms with Crippen LogP contribution < -0.4 is 0 Å². The first-order valence-corrected chi connectivity index (χ1v) is 7.86. The first-order valence-electron chi connectivity index (χ1n) is 7.48. The van der Waals surface area contributed by atoms with Crippen LogP contribution in [0.1, 0.15) is 51.5 Å². The fourth-order valence-electron chi connectivity index (χ4n) is 4.11. The van der Waals surface area contributed by atoms with Crippen LogP contribution in [0.25, 0.3) is 0 Å². The molecule has 0 aliphatic heterocycles. The van der Waals surface area contributed by atoms with E-state index in [1.165, 1.54) is 6.42 Å². The highest BCUT2D eigenvalue weighted by molar-refractivity contribution is 6.30. The topological polar surface area (TPSA) is 37.3 Å². The van der Waals surface area contributed by atoms with E-state index in [2.05, 4.69) is 13.8 Å². The molecule has 20 heavy (non-hydrogen) atoms. The number of carboxylic acid groups (broad SMARTS) is 1. The van der Waals surface area contributed by atoms with Crippen molar-refractivity contribution in [2.24, 2.45) is 11.8 Å². The first-order chi connectivity index (χ1) is 9.50. The molecule has 1 aromatic carbocycles. The maximum atomic E-state index is 11.5. The van der Waals surface area contributed by atoms with Gasteiger partial charge >= 0.3 is 5.97 Å². The SMILES string of the molecule is CCC1CCCC(C)C1(CC(=O)O)c1ccc(Cl)cc1. The van der Waals surface area contributed by atoms with Gasteiger partial charge in [-0.25, -0.2) is 0 Å². The fraction of sp³-hybridized carbons (Fsp3) is 0.588. The Kier molecular flexibility index (Phi) is 4.74. The van der Waals surface area contributed by atoms with Crippen LogP contribution >= 0.6 is 11.6 Å². The average molecular weight is 295 g/mol. The molecule has 1 aliphatic carbocycles. The number of hydrogen-bond acceptors (Lipinski definition) is 1. The lowest BCUT2D eigenvalue weighted by molar-refractivity contribution is -0.140. The zero-order valence-corrected chi connectivity index (χ0v) is 13.0. The summed E-state index contributed by atoms with van der Waals surface area (Å²) >= 11 is 5.99. The number of carbonyl (C=O) groups is 1. The molecule has 3 unspecified atom stereocenters. The predicted molar refractivity (Wildman–Crippen MR) is 82.2 cm³/mol. The molecule has 1 fully saturated rings. The van der Waals surface area contributed by atoms with Gasteiger partial charge in [0.25, 0.3) is 0 Å². The molecule has 1 saturated carbocycles. The lowest BCUT2D eigenvalue weighted by Gasteiger charge is -2.48. The summed E-state index contributed by atoms with van der Waals surface area (Å²) in [5.41, 5.74) is 0.895. The van der Waals surface area contributed by atoms with Gasteiger partial charge in [-0.15, -0.1) is 0 Å². The van der Waals surface area contributed by atoms with Crippen LogP contribution in [0, 0.1) is 11.8 Å². The molecule has 0 heterocycles. The highest BCUT2D eigenvalue weighted by atomic mass is 35.5. The minimum atomic E-state index is -0.702.